The molecule has 0 aromatic rings. The Labute approximate surface area is 517 Å². The first-order chi connectivity index (χ1) is 41.8. The Morgan fingerprint density at radius 2 is 0.767 bits per heavy atom. The minimum absolute atomic E-state index is 0.243. The highest BCUT2D eigenvalue weighted by Gasteiger charge is 2.53. The van der Waals surface area contributed by atoms with Gasteiger partial charge in [0.15, 0.2) is 18.9 Å². The van der Waals surface area contributed by atoms with Crippen molar-refractivity contribution in [2.45, 2.75) is 356 Å². The van der Waals surface area contributed by atoms with Gasteiger partial charge >= 0.3 is 0 Å². The molecular formula is C67H123NO18. The molecule has 3 rings (SSSR count). The van der Waals surface area contributed by atoms with Crippen molar-refractivity contribution < 1.29 is 89.4 Å². The number of amides is 1. The zero-order chi connectivity index (χ0) is 62.6. The summed E-state index contributed by atoms with van der Waals surface area (Å²) in [5.41, 5.74) is 0. The summed E-state index contributed by atoms with van der Waals surface area (Å²) >= 11 is 0. The van der Waals surface area contributed by atoms with Crippen LogP contribution in [0.15, 0.2) is 36.5 Å². The van der Waals surface area contributed by atoms with E-state index in [1.165, 1.54) is 161 Å². The third-order valence-corrected chi connectivity index (χ3v) is 17.2. The highest BCUT2D eigenvalue weighted by atomic mass is 16.8. The number of allylic oxidation sites excluding steroid dienone is 6. The average molecular weight is 1230 g/mol. The van der Waals surface area contributed by atoms with Gasteiger partial charge in [-0.1, -0.05) is 230 Å². The van der Waals surface area contributed by atoms with Gasteiger partial charge in [0, 0.05) is 6.42 Å². The number of rotatable bonds is 52. The van der Waals surface area contributed by atoms with E-state index in [0.29, 0.717) is 12.8 Å². The molecule has 0 saturated carbocycles. The van der Waals surface area contributed by atoms with Crippen molar-refractivity contribution >= 4 is 5.91 Å². The predicted octanol–water partition coefficient (Wildman–Crippen LogP) is 8.44. The van der Waals surface area contributed by atoms with E-state index in [1.807, 2.05) is 0 Å². The van der Waals surface area contributed by atoms with Crippen LogP contribution in [-0.2, 0) is 33.2 Å². The molecule has 0 aromatic heterocycles. The Hall–Kier alpha value is -1.99. The number of ether oxygens (including phenoxy) is 6. The average Bonchev–Trinajstić information content (AvgIpc) is 2.62. The fraction of sp³-hybridized carbons (Fsp3) is 0.896. The maximum atomic E-state index is 13.4. The van der Waals surface area contributed by atoms with Crippen molar-refractivity contribution in [1.29, 1.82) is 0 Å². The Morgan fingerprint density at radius 1 is 0.419 bits per heavy atom. The molecule has 504 valence electrons. The highest BCUT2D eigenvalue weighted by Crippen LogP contribution is 2.33. The van der Waals surface area contributed by atoms with Crippen LogP contribution < -0.4 is 5.32 Å². The highest BCUT2D eigenvalue weighted by molar-refractivity contribution is 5.76. The fourth-order valence-corrected chi connectivity index (χ4v) is 11.6. The molecule has 3 heterocycles. The molecule has 0 aliphatic carbocycles. The third kappa shape index (κ3) is 31.8. The van der Waals surface area contributed by atoms with Crippen LogP contribution in [0.4, 0.5) is 0 Å². The van der Waals surface area contributed by atoms with Crippen LogP contribution in [0.3, 0.4) is 0 Å². The summed E-state index contributed by atoms with van der Waals surface area (Å²) in [7, 11) is 0. The number of hydrogen-bond donors (Lipinski definition) is 12. The van der Waals surface area contributed by atoms with Gasteiger partial charge in [-0.15, -0.1) is 0 Å². The molecule has 1 amide bonds. The Kier molecular flexibility index (Phi) is 45.2. The third-order valence-electron chi connectivity index (χ3n) is 17.2. The first kappa shape index (κ1) is 78.3. The van der Waals surface area contributed by atoms with Gasteiger partial charge in [-0.25, -0.2) is 0 Å². The smallest absolute Gasteiger partial charge is 0.220 e. The standard InChI is InChI=1S/C67H123NO18/c1-3-5-7-9-11-13-15-17-18-19-20-21-22-23-24-25-26-27-28-29-30-31-32-33-35-37-39-41-43-45-55(73)68-50(51(72)44-42-40-38-36-34-16-14-12-10-8-6-4-2)49-81-65-61(79)58(76)63(53(47-70)83-65)86-67-62(80)59(77)64(54(48-71)84-67)85-66-60(78)57(75)56(74)52(46-69)82-66/h15,17,19-20,22-23,50-54,56-67,69-72,74-80H,3-14,16,18,21,24-49H2,1-2H3,(H,68,73)/b17-15-,20-19-,23-22-. The number of unbranched alkanes of at least 4 members (excludes halogenated alkanes) is 30. The van der Waals surface area contributed by atoms with E-state index in [1.54, 1.807) is 0 Å². The summed E-state index contributed by atoms with van der Waals surface area (Å²) in [6, 6.07) is -0.886. The largest absolute Gasteiger partial charge is 0.394 e. The Morgan fingerprint density at radius 3 is 1.20 bits per heavy atom. The van der Waals surface area contributed by atoms with Crippen molar-refractivity contribution in [2.24, 2.45) is 0 Å². The molecular weight excluding hydrogens is 1110 g/mol. The molecule has 3 aliphatic heterocycles. The quantitative estimate of drug-likeness (QED) is 0.0201. The number of hydrogen-bond acceptors (Lipinski definition) is 18. The predicted molar refractivity (Wildman–Crippen MR) is 333 cm³/mol. The Balaban J connectivity index is 1.38. The van der Waals surface area contributed by atoms with Crippen LogP contribution in [0.2, 0.25) is 0 Å². The maximum absolute atomic E-state index is 13.4. The van der Waals surface area contributed by atoms with Gasteiger partial charge in [0.05, 0.1) is 38.6 Å². The molecule has 86 heavy (non-hydrogen) atoms. The van der Waals surface area contributed by atoms with E-state index in [2.05, 4.69) is 55.6 Å². The summed E-state index contributed by atoms with van der Waals surface area (Å²) in [4.78, 5) is 13.4. The summed E-state index contributed by atoms with van der Waals surface area (Å²) in [6.07, 6.45) is 29.5. The van der Waals surface area contributed by atoms with Crippen LogP contribution in [0, 0.1) is 0 Å². The van der Waals surface area contributed by atoms with E-state index < -0.39 is 124 Å². The van der Waals surface area contributed by atoms with Crippen LogP contribution in [-0.4, -0.2) is 193 Å². The van der Waals surface area contributed by atoms with Gasteiger partial charge in [-0.2, -0.15) is 0 Å². The van der Waals surface area contributed by atoms with Crippen LogP contribution >= 0.6 is 0 Å². The van der Waals surface area contributed by atoms with Gasteiger partial charge < -0.3 is 89.9 Å². The SMILES string of the molecule is CCCCCCC/C=C\C/C=C\C/C=C\CCCCCCCCCCCCCCCCC(=O)NC(COC1OC(CO)C(OC2OC(CO)C(OC3OC(CO)C(O)C(O)C3O)C(O)C2O)C(O)C1O)C(O)CCCCCCCCCCCCCC. The lowest BCUT2D eigenvalue weighted by Gasteiger charge is -2.48. The minimum Gasteiger partial charge on any atom is -0.394 e. The van der Waals surface area contributed by atoms with E-state index in [9.17, 15) is 61.0 Å². The lowest BCUT2D eigenvalue weighted by molar-refractivity contribution is -0.379. The first-order valence-electron chi connectivity index (χ1n) is 34.2. The molecule has 19 nitrogen and oxygen atoms in total. The van der Waals surface area contributed by atoms with E-state index in [-0.39, 0.29) is 18.9 Å². The number of aliphatic hydroxyl groups excluding tert-OH is 11. The molecule has 3 aliphatic rings. The number of carbonyl (C=O) groups is 1. The van der Waals surface area contributed by atoms with Gasteiger partial charge in [0.1, 0.15) is 73.2 Å². The zero-order valence-electron chi connectivity index (χ0n) is 53.0. The lowest BCUT2D eigenvalue weighted by Crippen LogP contribution is -2.66. The maximum Gasteiger partial charge on any atom is 0.220 e. The van der Waals surface area contributed by atoms with Crippen molar-refractivity contribution in [3.05, 3.63) is 36.5 Å². The van der Waals surface area contributed by atoms with Crippen LogP contribution in [0.1, 0.15) is 251 Å². The first-order valence-corrected chi connectivity index (χ1v) is 34.2. The van der Waals surface area contributed by atoms with Crippen molar-refractivity contribution in [1.82, 2.24) is 5.32 Å². The Bertz CT molecular complexity index is 1710. The number of carbonyl (C=O) groups excluding carboxylic acids is 1. The molecule has 0 aromatic carbocycles. The molecule has 0 radical (unpaired) electrons. The molecule has 0 spiro atoms. The zero-order valence-corrected chi connectivity index (χ0v) is 53.0. The van der Waals surface area contributed by atoms with Crippen LogP contribution in [0.5, 0.6) is 0 Å². The fourth-order valence-electron chi connectivity index (χ4n) is 11.6. The molecule has 0 bridgehead atoms. The van der Waals surface area contributed by atoms with Crippen molar-refractivity contribution in [3.63, 3.8) is 0 Å². The van der Waals surface area contributed by atoms with Crippen molar-refractivity contribution in [3.8, 4) is 0 Å². The van der Waals surface area contributed by atoms with E-state index in [0.717, 1.165) is 57.8 Å². The van der Waals surface area contributed by atoms with Gasteiger partial charge in [-0.3, -0.25) is 4.79 Å². The van der Waals surface area contributed by atoms with Crippen molar-refractivity contribution in [2.75, 3.05) is 26.4 Å². The second kappa shape index (κ2) is 49.7. The molecule has 12 N–H and O–H groups in total. The topological polar surface area (TPSA) is 307 Å². The van der Waals surface area contributed by atoms with E-state index >= 15 is 0 Å². The van der Waals surface area contributed by atoms with Gasteiger partial charge in [0.25, 0.3) is 0 Å². The monoisotopic (exact) mass is 1230 g/mol. The molecule has 17 atom stereocenters. The summed E-state index contributed by atoms with van der Waals surface area (Å²) in [5.74, 6) is -0.243. The lowest BCUT2D eigenvalue weighted by atomic mass is 9.96. The second-order valence-electron chi connectivity index (χ2n) is 24.6. The number of nitrogens with one attached hydrogen (secondary N) is 1. The molecule has 17 unspecified atom stereocenters. The summed E-state index contributed by atoms with van der Waals surface area (Å²) < 4.78 is 34.4. The summed E-state index contributed by atoms with van der Waals surface area (Å²) in [6.45, 7) is 1.78. The second-order valence-corrected chi connectivity index (χ2v) is 24.6. The van der Waals surface area contributed by atoms with Crippen LogP contribution in [0.25, 0.3) is 0 Å². The molecule has 19 heteroatoms. The van der Waals surface area contributed by atoms with Gasteiger partial charge in [-0.05, 0) is 51.4 Å². The normalized spacial score (nSPS) is 29.0. The molecule has 3 fully saturated rings. The number of aliphatic hydroxyl groups is 11. The van der Waals surface area contributed by atoms with Gasteiger partial charge in [0.2, 0.25) is 5.91 Å². The van der Waals surface area contributed by atoms with E-state index in [4.69, 9.17) is 28.4 Å². The summed E-state index contributed by atoms with van der Waals surface area (Å²) in [5, 5.41) is 120. The minimum atomic E-state index is -1.97. The molecule has 3 saturated heterocycles.